The molecule has 0 spiro atoms. The molecule has 2 N–H and O–H groups in total. The molecule has 0 radical (unpaired) electrons. The number of hydrogen-bond donors (Lipinski definition) is 1. The van der Waals surface area contributed by atoms with Crippen LogP contribution in [0.1, 0.15) is 25.0 Å². The Balaban J connectivity index is 2.34. The average molecular weight is 303 g/mol. The van der Waals surface area contributed by atoms with Crippen molar-refractivity contribution < 1.29 is 0 Å². The van der Waals surface area contributed by atoms with Crippen LogP contribution in [-0.2, 0) is 13.0 Å². The zero-order chi connectivity index (χ0) is 15.2. The van der Waals surface area contributed by atoms with Gasteiger partial charge in [-0.1, -0.05) is 41.9 Å². The highest BCUT2D eigenvalue weighted by Gasteiger charge is 2.15. The fourth-order valence-corrected chi connectivity index (χ4v) is 2.71. The number of nitrogens with zero attached hydrogens (tertiary/aromatic N) is 1. The fourth-order valence-electron chi connectivity index (χ4n) is 2.52. The van der Waals surface area contributed by atoms with Gasteiger partial charge in [-0.3, -0.25) is 0 Å². The summed E-state index contributed by atoms with van der Waals surface area (Å²) in [5, 5.41) is 0.769. The van der Waals surface area contributed by atoms with Crippen LogP contribution < -0.4 is 10.6 Å². The number of nitrogens with two attached hydrogens (primary N) is 1. The molecule has 0 unspecified atom stereocenters. The lowest BCUT2D eigenvalue weighted by Crippen LogP contribution is -2.31. The van der Waals surface area contributed by atoms with Crippen molar-refractivity contribution in [3.05, 3.63) is 64.7 Å². The molecule has 2 rings (SSSR count). The summed E-state index contributed by atoms with van der Waals surface area (Å²) in [6.45, 7) is 5.94. The van der Waals surface area contributed by atoms with Gasteiger partial charge in [0.25, 0.3) is 0 Å². The van der Waals surface area contributed by atoms with Gasteiger partial charge in [0, 0.05) is 23.3 Å². The van der Waals surface area contributed by atoms with Gasteiger partial charge in [0.2, 0.25) is 0 Å². The van der Waals surface area contributed by atoms with Crippen LogP contribution in [0.4, 0.5) is 5.69 Å². The van der Waals surface area contributed by atoms with E-state index in [-0.39, 0.29) is 0 Å². The number of hydrogen-bond acceptors (Lipinski definition) is 2. The van der Waals surface area contributed by atoms with Crippen LogP contribution in [0.25, 0.3) is 0 Å². The predicted molar refractivity (Wildman–Crippen MR) is 92.0 cm³/mol. The molecule has 0 amide bonds. The summed E-state index contributed by atoms with van der Waals surface area (Å²) in [4.78, 5) is 2.40. The number of rotatable bonds is 6. The Hall–Kier alpha value is -1.51. The molecule has 0 saturated carbocycles. The molecule has 0 aromatic heterocycles. The molecule has 0 fully saturated rings. The maximum atomic E-state index is 6.14. The van der Waals surface area contributed by atoms with Gasteiger partial charge in [-0.05, 0) is 56.1 Å². The largest absolute Gasteiger partial charge is 0.365 e. The lowest BCUT2D eigenvalue weighted by atomic mass is 10.1. The minimum absolute atomic E-state index is 0.405. The Morgan fingerprint density at radius 3 is 2.43 bits per heavy atom. The van der Waals surface area contributed by atoms with Crippen LogP contribution in [0.5, 0.6) is 0 Å². The maximum Gasteiger partial charge on any atom is 0.0432 e. The van der Waals surface area contributed by atoms with Crippen molar-refractivity contribution in [2.45, 2.75) is 32.9 Å². The first-order valence-corrected chi connectivity index (χ1v) is 7.78. The second-order valence-electron chi connectivity index (χ2n) is 5.52. The van der Waals surface area contributed by atoms with Gasteiger partial charge in [0.1, 0.15) is 0 Å². The molecule has 0 atom stereocenters. The van der Waals surface area contributed by atoms with Crippen molar-refractivity contribution in [1.29, 1.82) is 0 Å². The van der Waals surface area contributed by atoms with E-state index in [0.29, 0.717) is 12.6 Å². The van der Waals surface area contributed by atoms with E-state index >= 15 is 0 Å². The summed E-state index contributed by atoms with van der Waals surface area (Å²) in [7, 11) is 0. The first kappa shape index (κ1) is 15.9. The summed E-state index contributed by atoms with van der Waals surface area (Å²) in [6, 6.07) is 17.0. The van der Waals surface area contributed by atoms with Crippen molar-refractivity contribution in [1.82, 2.24) is 0 Å². The van der Waals surface area contributed by atoms with E-state index in [1.807, 2.05) is 18.2 Å². The lowest BCUT2D eigenvalue weighted by Gasteiger charge is -2.31. The van der Waals surface area contributed by atoms with Gasteiger partial charge in [-0.2, -0.15) is 0 Å². The second-order valence-corrected chi connectivity index (χ2v) is 5.96. The number of halogens is 1. The maximum absolute atomic E-state index is 6.14. The zero-order valence-electron chi connectivity index (χ0n) is 12.7. The molecule has 0 saturated heterocycles. The van der Waals surface area contributed by atoms with Gasteiger partial charge in [-0.15, -0.1) is 0 Å². The Kier molecular flexibility index (Phi) is 5.66. The topological polar surface area (TPSA) is 29.3 Å². The number of anilines is 1. The van der Waals surface area contributed by atoms with Gasteiger partial charge in [0.15, 0.2) is 0 Å². The standard InChI is InChI=1S/C18H23ClN2/c1-14(2)21(13-15-6-4-3-5-7-15)18-9-8-17(19)12-16(18)10-11-20/h3-9,12,14H,10-11,13,20H2,1-2H3. The third kappa shape index (κ3) is 4.23. The summed E-state index contributed by atoms with van der Waals surface area (Å²) in [5.41, 5.74) is 9.50. The van der Waals surface area contributed by atoms with Crippen LogP contribution in [0.15, 0.2) is 48.5 Å². The smallest absolute Gasteiger partial charge is 0.0432 e. The van der Waals surface area contributed by atoms with Gasteiger partial charge in [-0.25, -0.2) is 0 Å². The van der Waals surface area contributed by atoms with Crippen LogP contribution in [0.2, 0.25) is 5.02 Å². The first-order valence-electron chi connectivity index (χ1n) is 7.41. The van der Waals surface area contributed by atoms with E-state index < -0.39 is 0 Å². The highest BCUT2D eigenvalue weighted by molar-refractivity contribution is 6.30. The predicted octanol–water partition coefficient (Wildman–Crippen LogP) is 4.26. The summed E-state index contributed by atoms with van der Waals surface area (Å²) in [5.74, 6) is 0. The lowest BCUT2D eigenvalue weighted by molar-refractivity contribution is 0.678. The number of benzene rings is 2. The Morgan fingerprint density at radius 2 is 1.81 bits per heavy atom. The van der Waals surface area contributed by atoms with Crippen molar-refractivity contribution in [3.63, 3.8) is 0 Å². The molecule has 0 aliphatic heterocycles. The molecule has 112 valence electrons. The molecule has 0 bridgehead atoms. The molecule has 0 aliphatic rings. The van der Waals surface area contributed by atoms with Crippen molar-refractivity contribution in [3.8, 4) is 0 Å². The third-order valence-electron chi connectivity index (χ3n) is 3.58. The molecule has 0 heterocycles. The fraction of sp³-hybridized carbons (Fsp3) is 0.333. The molecule has 3 heteroatoms. The van der Waals surface area contributed by atoms with E-state index in [0.717, 1.165) is 18.0 Å². The molecule has 2 aromatic carbocycles. The van der Waals surface area contributed by atoms with Crippen molar-refractivity contribution in [2.75, 3.05) is 11.4 Å². The molecular weight excluding hydrogens is 280 g/mol. The van der Waals surface area contributed by atoms with Gasteiger partial charge in [0.05, 0.1) is 0 Å². The zero-order valence-corrected chi connectivity index (χ0v) is 13.5. The average Bonchev–Trinajstić information content (AvgIpc) is 2.47. The normalized spacial score (nSPS) is 10.9. The summed E-state index contributed by atoms with van der Waals surface area (Å²) >= 11 is 6.14. The SMILES string of the molecule is CC(C)N(Cc1ccccc1)c1ccc(Cl)cc1CCN. The van der Waals surface area contributed by atoms with E-state index in [1.54, 1.807) is 0 Å². The van der Waals surface area contributed by atoms with Crippen LogP contribution in [0.3, 0.4) is 0 Å². The quantitative estimate of drug-likeness (QED) is 0.864. The Bertz CT molecular complexity index is 567. The molecular formula is C18H23ClN2. The van der Waals surface area contributed by atoms with Gasteiger partial charge >= 0.3 is 0 Å². The van der Waals surface area contributed by atoms with Crippen LogP contribution >= 0.6 is 11.6 Å². The van der Waals surface area contributed by atoms with Crippen LogP contribution in [0, 0.1) is 0 Å². The minimum Gasteiger partial charge on any atom is -0.365 e. The molecule has 2 nitrogen and oxygen atoms in total. The second kappa shape index (κ2) is 7.48. The summed E-state index contributed by atoms with van der Waals surface area (Å²) in [6.07, 6.45) is 0.841. The highest BCUT2D eigenvalue weighted by Crippen LogP contribution is 2.28. The van der Waals surface area contributed by atoms with Gasteiger partial charge < -0.3 is 10.6 Å². The first-order chi connectivity index (χ1) is 10.1. The van der Waals surface area contributed by atoms with E-state index in [4.69, 9.17) is 17.3 Å². The highest BCUT2D eigenvalue weighted by atomic mass is 35.5. The molecule has 0 aliphatic carbocycles. The third-order valence-corrected chi connectivity index (χ3v) is 3.82. The molecule has 2 aromatic rings. The van der Waals surface area contributed by atoms with E-state index in [1.165, 1.54) is 16.8 Å². The van der Waals surface area contributed by atoms with Crippen molar-refractivity contribution in [2.24, 2.45) is 5.73 Å². The van der Waals surface area contributed by atoms with Crippen LogP contribution in [-0.4, -0.2) is 12.6 Å². The summed E-state index contributed by atoms with van der Waals surface area (Å²) < 4.78 is 0. The Morgan fingerprint density at radius 1 is 1.10 bits per heavy atom. The van der Waals surface area contributed by atoms with Crippen molar-refractivity contribution >= 4 is 17.3 Å². The Labute approximate surface area is 132 Å². The minimum atomic E-state index is 0.405. The van der Waals surface area contributed by atoms with E-state index in [2.05, 4.69) is 49.1 Å². The van der Waals surface area contributed by atoms with E-state index in [9.17, 15) is 0 Å². The monoisotopic (exact) mass is 302 g/mol. The molecule has 21 heavy (non-hydrogen) atoms.